The molecule has 1 aromatic heterocycles. The minimum atomic E-state index is -0.213. The van der Waals surface area contributed by atoms with Crippen molar-refractivity contribution in [2.45, 2.75) is 86.1 Å². The summed E-state index contributed by atoms with van der Waals surface area (Å²) in [6, 6.07) is 0. The largest absolute Gasteiger partial charge is 0.469 e. The summed E-state index contributed by atoms with van der Waals surface area (Å²) in [6.07, 6.45) is 2.92. The second kappa shape index (κ2) is 11.4. The number of carbonyl (C=O) groups is 2. The fourth-order valence-corrected chi connectivity index (χ4v) is 4.44. The number of rotatable bonds is 10. The molecule has 182 valence electrons. The molecule has 0 aliphatic carbocycles. The monoisotopic (exact) mass is 456 g/mol. The molecule has 0 saturated carbocycles. The Morgan fingerprint density at radius 2 is 1.52 bits per heavy atom. The van der Waals surface area contributed by atoms with Crippen LogP contribution in [0.5, 0.6) is 0 Å². The van der Waals surface area contributed by atoms with Gasteiger partial charge in [0.1, 0.15) is 0 Å². The highest BCUT2D eigenvalue weighted by Gasteiger charge is 2.22. The number of hydrogen-bond acceptors (Lipinski definition) is 5. The molecule has 1 unspecified atom stereocenters. The number of hydrogen-bond donors (Lipinski definition) is 0. The summed E-state index contributed by atoms with van der Waals surface area (Å²) in [5, 5.41) is 8.48. The number of aromatic nitrogens is 3. The van der Waals surface area contributed by atoms with Crippen molar-refractivity contribution in [1.82, 2.24) is 19.9 Å². The van der Waals surface area contributed by atoms with Gasteiger partial charge in [-0.05, 0) is 94.2 Å². The Balaban J connectivity index is 2.10. The van der Waals surface area contributed by atoms with Crippen LogP contribution in [0.15, 0.2) is 0 Å². The molecule has 0 aliphatic heterocycles. The first kappa shape index (κ1) is 26.6. The quantitative estimate of drug-likeness (QED) is 0.491. The van der Waals surface area contributed by atoms with E-state index < -0.39 is 0 Å². The second-order valence-electron chi connectivity index (χ2n) is 9.24. The van der Waals surface area contributed by atoms with Gasteiger partial charge in [-0.15, -0.1) is 5.10 Å². The number of ether oxygens (including phenoxy) is 1. The molecule has 0 spiro atoms. The summed E-state index contributed by atoms with van der Waals surface area (Å²) in [5.74, 6) is -0.0212. The zero-order valence-corrected chi connectivity index (χ0v) is 21.8. The van der Waals surface area contributed by atoms with E-state index in [1.807, 2.05) is 25.9 Å². The van der Waals surface area contributed by atoms with Crippen molar-refractivity contribution in [3.63, 3.8) is 0 Å². The van der Waals surface area contributed by atoms with Gasteiger partial charge >= 0.3 is 5.97 Å². The summed E-state index contributed by atoms with van der Waals surface area (Å²) < 4.78 is 6.52. The Morgan fingerprint density at radius 3 is 2.03 bits per heavy atom. The number of esters is 1. The molecule has 1 heterocycles. The Hall–Kier alpha value is -2.70. The molecule has 0 fully saturated rings. The van der Waals surface area contributed by atoms with Gasteiger partial charge in [-0.25, -0.2) is 0 Å². The van der Waals surface area contributed by atoms with E-state index in [9.17, 15) is 9.59 Å². The van der Waals surface area contributed by atoms with Gasteiger partial charge in [0, 0.05) is 39.4 Å². The smallest absolute Gasteiger partial charge is 0.305 e. The zero-order chi connectivity index (χ0) is 24.9. The molecular formula is C26H40N4O3. The number of carbonyl (C=O) groups excluding carboxylic acids is 2. The number of nitrogens with zero attached hydrogens (tertiary/aromatic N) is 4. The van der Waals surface area contributed by atoms with Gasteiger partial charge in [-0.3, -0.25) is 14.3 Å². The average molecular weight is 457 g/mol. The number of benzene rings is 1. The van der Waals surface area contributed by atoms with Gasteiger partial charge in [0.15, 0.2) is 0 Å². The predicted molar refractivity (Wildman–Crippen MR) is 130 cm³/mol. The van der Waals surface area contributed by atoms with E-state index in [0.717, 1.165) is 17.8 Å². The first-order valence-corrected chi connectivity index (χ1v) is 11.7. The van der Waals surface area contributed by atoms with Crippen molar-refractivity contribution in [3.05, 3.63) is 44.8 Å². The molecule has 0 saturated heterocycles. The normalized spacial score (nSPS) is 12.0. The molecule has 7 nitrogen and oxygen atoms in total. The van der Waals surface area contributed by atoms with E-state index >= 15 is 0 Å². The Morgan fingerprint density at radius 1 is 0.939 bits per heavy atom. The highest BCUT2D eigenvalue weighted by Crippen LogP contribution is 2.29. The van der Waals surface area contributed by atoms with Crippen LogP contribution in [-0.2, 0) is 27.9 Å². The topological polar surface area (TPSA) is 77.3 Å². The summed E-state index contributed by atoms with van der Waals surface area (Å²) in [4.78, 5) is 26.4. The van der Waals surface area contributed by atoms with Crippen LogP contribution in [0.4, 0.5) is 0 Å². The third-order valence-corrected chi connectivity index (χ3v) is 7.37. The number of methoxy groups -OCH3 is 1. The molecule has 0 N–H and O–H groups in total. The van der Waals surface area contributed by atoms with E-state index in [4.69, 9.17) is 4.74 Å². The Bertz CT molecular complexity index is 980. The van der Waals surface area contributed by atoms with Gasteiger partial charge in [0.25, 0.3) is 0 Å². The van der Waals surface area contributed by atoms with Gasteiger partial charge in [0.05, 0.1) is 18.5 Å². The van der Waals surface area contributed by atoms with Crippen LogP contribution < -0.4 is 0 Å². The van der Waals surface area contributed by atoms with Crippen LogP contribution in [0.2, 0.25) is 0 Å². The van der Waals surface area contributed by atoms with Gasteiger partial charge in [-0.2, -0.15) is 0 Å². The van der Waals surface area contributed by atoms with Crippen LogP contribution in [0.25, 0.3) is 0 Å². The van der Waals surface area contributed by atoms with Crippen LogP contribution >= 0.6 is 0 Å². The summed E-state index contributed by atoms with van der Waals surface area (Å²) >= 11 is 0. The van der Waals surface area contributed by atoms with E-state index in [1.165, 1.54) is 40.5 Å². The minimum Gasteiger partial charge on any atom is -0.469 e. The molecule has 0 aliphatic rings. The fourth-order valence-electron chi connectivity index (χ4n) is 4.44. The molecular weight excluding hydrogens is 416 g/mol. The summed E-state index contributed by atoms with van der Waals surface area (Å²) in [5.41, 5.74) is 9.63. The van der Waals surface area contributed by atoms with Gasteiger partial charge in [0.2, 0.25) is 5.91 Å². The molecule has 2 aromatic rings. The van der Waals surface area contributed by atoms with Crippen molar-refractivity contribution in [1.29, 1.82) is 0 Å². The third-order valence-electron chi connectivity index (χ3n) is 7.37. The van der Waals surface area contributed by atoms with Crippen LogP contribution in [-0.4, -0.2) is 45.9 Å². The lowest BCUT2D eigenvalue weighted by Gasteiger charge is -2.24. The zero-order valence-electron chi connectivity index (χ0n) is 21.8. The Kier molecular flexibility index (Phi) is 9.20. The Labute approximate surface area is 198 Å². The van der Waals surface area contributed by atoms with E-state index in [2.05, 4.69) is 44.9 Å². The second-order valence-corrected chi connectivity index (χ2v) is 9.24. The SMILES string of the molecule is COC(=O)CCCC(CCC(=O)N(C)Cc1c(C)c(C)c(C)c(C)c1C)c1nnn(C)c1C. The number of aryl methyl sites for hydroxylation is 1. The van der Waals surface area contributed by atoms with E-state index in [1.54, 1.807) is 4.68 Å². The van der Waals surface area contributed by atoms with Crippen molar-refractivity contribution >= 4 is 11.9 Å². The van der Waals surface area contributed by atoms with Crippen molar-refractivity contribution in [2.24, 2.45) is 7.05 Å². The molecule has 1 amide bonds. The van der Waals surface area contributed by atoms with Crippen LogP contribution in [0.3, 0.4) is 0 Å². The standard InChI is InChI=1S/C26H40N4O3/c1-16-17(2)19(4)23(20(5)18(16)3)15-29(7)24(31)14-13-22(11-10-12-25(32)33-9)26-21(6)30(8)28-27-26/h22H,10-15H2,1-9H3. The first-order chi connectivity index (χ1) is 15.5. The van der Waals surface area contributed by atoms with Crippen molar-refractivity contribution in [3.8, 4) is 0 Å². The fraction of sp³-hybridized carbons (Fsp3) is 0.615. The van der Waals surface area contributed by atoms with Crippen molar-refractivity contribution in [2.75, 3.05) is 14.2 Å². The average Bonchev–Trinajstić information content (AvgIpc) is 3.13. The lowest BCUT2D eigenvalue weighted by molar-refractivity contribution is -0.140. The van der Waals surface area contributed by atoms with Crippen molar-refractivity contribution < 1.29 is 14.3 Å². The highest BCUT2D eigenvalue weighted by atomic mass is 16.5. The van der Waals surface area contributed by atoms with Crippen LogP contribution in [0, 0.1) is 41.5 Å². The molecule has 7 heteroatoms. The lowest BCUT2D eigenvalue weighted by atomic mass is 9.89. The molecule has 1 aromatic carbocycles. The summed E-state index contributed by atoms with van der Waals surface area (Å²) in [6.45, 7) is 13.4. The van der Waals surface area contributed by atoms with E-state index in [0.29, 0.717) is 32.2 Å². The molecule has 33 heavy (non-hydrogen) atoms. The highest BCUT2D eigenvalue weighted by molar-refractivity contribution is 5.76. The van der Waals surface area contributed by atoms with Gasteiger partial charge < -0.3 is 9.64 Å². The maximum absolute atomic E-state index is 13.1. The molecule has 0 bridgehead atoms. The maximum atomic E-state index is 13.1. The molecule has 2 rings (SSSR count). The molecule has 0 radical (unpaired) electrons. The van der Waals surface area contributed by atoms with E-state index in [-0.39, 0.29) is 17.8 Å². The number of amides is 1. The first-order valence-electron chi connectivity index (χ1n) is 11.7. The maximum Gasteiger partial charge on any atom is 0.305 e. The lowest BCUT2D eigenvalue weighted by Crippen LogP contribution is -2.27. The summed E-state index contributed by atoms with van der Waals surface area (Å²) in [7, 11) is 5.15. The predicted octanol–water partition coefficient (Wildman–Crippen LogP) is 4.53. The van der Waals surface area contributed by atoms with Gasteiger partial charge in [-0.1, -0.05) is 5.21 Å². The minimum absolute atomic E-state index is 0.0769. The molecule has 1 atom stereocenters. The van der Waals surface area contributed by atoms with Crippen LogP contribution in [0.1, 0.15) is 82.8 Å². The third kappa shape index (κ3) is 6.21.